The number of thiophene rings is 1. The largest absolute Gasteiger partial charge is 0.385 e. The van der Waals surface area contributed by atoms with E-state index >= 15 is 0 Å². The van der Waals surface area contributed by atoms with Gasteiger partial charge in [0.2, 0.25) is 0 Å². The second-order valence-electron chi connectivity index (χ2n) is 6.24. The van der Waals surface area contributed by atoms with Crippen molar-refractivity contribution in [2.24, 2.45) is 5.41 Å². The SMILES string of the molecule is CCOC1(C(O)c2cscc2Br)CCC(C)(C)CC1. The van der Waals surface area contributed by atoms with E-state index in [-0.39, 0.29) is 0 Å². The number of ether oxygens (including phenoxy) is 1. The smallest absolute Gasteiger partial charge is 0.110 e. The molecule has 108 valence electrons. The van der Waals surface area contributed by atoms with Crippen molar-refractivity contribution in [3.8, 4) is 0 Å². The highest BCUT2D eigenvalue weighted by atomic mass is 79.9. The summed E-state index contributed by atoms with van der Waals surface area (Å²) in [5, 5.41) is 14.9. The van der Waals surface area contributed by atoms with Crippen LogP contribution in [0.4, 0.5) is 0 Å². The van der Waals surface area contributed by atoms with E-state index in [4.69, 9.17) is 4.74 Å². The van der Waals surface area contributed by atoms with Gasteiger partial charge in [0.25, 0.3) is 0 Å². The Bertz CT molecular complexity index is 418. The zero-order valence-electron chi connectivity index (χ0n) is 11.9. The molecule has 1 aromatic heterocycles. The van der Waals surface area contributed by atoms with E-state index < -0.39 is 11.7 Å². The Labute approximate surface area is 128 Å². The maximum Gasteiger partial charge on any atom is 0.110 e. The Morgan fingerprint density at radius 2 is 1.95 bits per heavy atom. The second-order valence-corrected chi connectivity index (χ2v) is 7.84. The lowest BCUT2D eigenvalue weighted by Crippen LogP contribution is -2.44. The molecule has 0 saturated heterocycles. The molecule has 0 spiro atoms. The Kier molecular flexibility index (Phi) is 4.76. The van der Waals surface area contributed by atoms with Crippen LogP contribution in [0.3, 0.4) is 0 Å². The lowest BCUT2D eigenvalue weighted by molar-refractivity contribution is -0.153. The molecule has 4 heteroatoms. The summed E-state index contributed by atoms with van der Waals surface area (Å²) >= 11 is 5.14. The van der Waals surface area contributed by atoms with E-state index in [2.05, 4.69) is 29.8 Å². The van der Waals surface area contributed by atoms with Gasteiger partial charge in [-0.3, -0.25) is 0 Å². The van der Waals surface area contributed by atoms with Gasteiger partial charge in [-0.05, 0) is 59.3 Å². The first-order chi connectivity index (χ1) is 8.90. The van der Waals surface area contributed by atoms with Gasteiger partial charge in [0.1, 0.15) is 6.10 Å². The maximum absolute atomic E-state index is 10.8. The molecule has 0 aliphatic heterocycles. The summed E-state index contributed by atoms with van der Waals surface area (Å²) in [5.74, 6) is 0. The molecule has 1 N–H and O–H groups in total. The summed E-state index contributed by atoms with van der Waals surface area (Å²) in [4.78, 5) is 0. The molecule has 1 aliphatic carbocycles. The minimum absolute atomic E-state index is 0.367. The van der Waals surface area contributed by atoms with E-state index in [1.165, 1.54) is 0 Å². The van der Waals surface area contributed by atoms with Gasteiger partial charge in [-0.25, -0.2) is 0 Å². The minimum Gasteiger partial charge on any atom is -0.385 e. The second kappa shape index (κ2) is 5.84. The molecule has 0 radical (unpaired) electrons. The van der Waals surface area contributed by atoms with Gasteiger partial charge in [0.15, 0.2) is 0 Å². The highest BCUT2D eigenvalue weighted by molar-refractivity contribution is 9.10. The van der Waals surface area contributed by atoms with Crippen LogP contribution in [0.2, 0.25) is 0 Å². The summed E-state index contributed by atoms with van der Waals surface area (Å²) < 4.78 is 7.03. The molecule has 0 aromatic carbocycles. The van der Waals surface area contributed by atoms with Crippen molar-refractivity contribution in [1.82, 2.24) is 0 Å². The predicted octanol–water partition coefficient (Wildman–Crippen LogP) is 4.92. The van der Waals surface area contributed by atoms with E-state index in [1.807, 2.05) is 17.7 Å². The molecule has 0 bridgehead atoms. The van der Waals surface area contributed by atoms with Crippen molar-refractivity contribution in [2.45, 2.75) is 58.2 Å². The fourth-order valence-corrected chi connectivity index (χ4v) is 4.44. The zero-order chi connectivity index (χ0) is 14.1. The Balaban J connectivity index is 2.23. The first kappa shape index (κ1) is 15.5. The summed E-state index contributed by atoms with van der Waals surface area (Å²) in [7, 11) is 0. The molecule has 2 nitrogen and oxygen atoms in total. The molecular weight excluding hydrogens is 324 g/mol. The molecule has 1 unspecified atom stereocenters. The Hall–Kier alpha value is 0.100. The molecule has 1 atom stereocenters. The molecular formula is C15H23BrO2S. The minimum atomic E-state index is -0.538. The lowest BCUT2D eigenvalue weighted by Gasteiger charge is -2.45. The van der Waals surface area contributed by atoms with Crippen LogP contribution in [0.1, 0.15) is 58.1 Å². The van der Waals surface area contributed by atoms with Gasteiger partial charge in [-0.15, -0.1) is 0 Å². The Morgan fingerprint density at radius 3 is 2.42 bits per heavy atom. The molecule has 2 rings (SSSR count). The van der Waals surface area contributed by atoms with Crippen molar-refractivity contribution in [3.63, 3.8) is 0 Å². The van der Waals surface area contributed by atoms with Crippen LogP contribution in [-0.2, 0) is 4.74 Å². The van der Waals surface area contributed by atoms with Crippen LogP contribution in [-0.4, -0.2) is 17.3 Å². The van der Waals surface area contributed by atoms with Crippen LogP contribution < -0.4 is 0 Å². The van der Waals surface area contributed by atoms with Crippen molar-refractivity contribution < 1.29 is 9.84 Å². The molecule has 1 saturated carbocycles. The van der Waals surface area contributed by atoms with Crippen molar-refractivity contribution in [3.05, 3.63) is 20.8 Å². The van der Waals surface area contributed by atoms with Crippen molar-refractivity contribution >= 4 is 27.3 Å². The lowest BCUT2D eigenvalue weighted by atomic mass is 9.68. The highest BCUT2D eigenvalue weighted by Crippen LogP contribution is 2.48. The summed E-state index contributed by atoms with van der Waals surface area (Å²) in [6, 6.07) is 0. The van der Waals surface area contributed by atoms with Crippen LogP contribution in [0.15, 0.2) is 15.2 Å². The van der Waals surface area contributed by atoms with Gasteiger partial charge in [0.05, 0.1) is 5.60 Å². The Morgan fingerprint density at radius 1 is 1.32 bits per heavy atom. The topological polar surface area (TPSA) is 29.5 Å². The van der Waals surface area contributed by atoms with Crippen LogP contribution in [0, 0.1) is 5.41 Å². The highest BCUT2D eigenvalue weighted by Gasteiger charge is 2.45. The number of hydrogen-bond donors (Lipinski definition) is 1. The van der Waals surface area contributed by atoms with E-state index in [1.54, 1.807) is 11.3 Å². The van der Waals surface area contributed by atoms with E-state index in [9.17, 15) is 5.11 Å². The average Bonchev–Trinajstić information content (AvgIpc) is 2.78. The average molecular weight is 347 g/mol. The van der Waals surface area contributed by atoms with Gasteiger partial charge in [0, 0.05) is 22.0 Å². The number of aliphatic hydroxyl groups excluding tert-OH is 1. The summed E-state index contributed by atoms with van der Waals surface area (Å²) in [6.07, 6.45) is 3.52. The fourth-order valence-electron chi connectivity index (χ4n) is 2.90. The molecule has 0 amide bonds. The summed E-state index contributed by atoms with van der Waals surface area (Å²) in [5.41, 5.74) is 0.929. The quantitative estimate of drug-likeness (QED) is 0.838. The third-order valence-electron chi connectivity index (χ3n) is 4.32. The third-order valence-corrected chi connectivity index (χ3v) is 6.07. The van der Waals surface area contributed by atoms with Crippen LogP contribution in [0.25, 0.3) is 0 Å². The standard InChI is InChI=1S/C15H23BrO2S/c1-4-18-15(7-5-14(2,3)6-8-15)13(17)11-9-19-10-12(11)16/h9-10,13,17H,4-8H2,1-3H3. The molecule has 1 heterocycles. The predicted molar refractivity (Wildman–Crippen MR) is 83.6 cm³/mol. The normalized spacial score (nSPS) is 23.2. The molecule has 1 fully saturated rings. The summed E-state index contributed by atoms with van der Waals surface area (Å²) in [6.45, 7) is 7.27. The fraction of sp³-hybridized carbons (Fsp3) is 0.733. The van der Waals surface area contributed by atoms with Gasteiger partial charge < -0.3 is 9.84 Å². The molecule has 1 aromatic rings. The maximum atomic E-state index is 10.8. The molecule has 1 aliphatic rings. The third kappa shape index (κ3) is 3.23. The van der Waals surface area contributed by atoms with E-state index in [0.29, 0.717) is 12.0 Å². The zero-order valence-corrected chi connectivity index (χ0v) is 14.3. The first-order valence-corrected chi connectivity index (χ1v) is 8.67. The van der Waals surface area contributed by atoms with Crippen molar-refractivity contribution in [2.75, 3.05) is 6.61 Å². The molecule has 19 heavy (non-hydrogen) atoms. The monoisotopic (exact) mass is 346 g/mol. The van der Waals surface area contributed by atoms with E-state index in [0.717, 1.165) is 35.7 Å². The van der Waals surface area contributed by atoms with Crippen LogP contribution in [0.5, 0.6) is 0 Å². The number of hydrogen-bond acceptors (Lipinski definition) is 3. The van der Waals surface area contributed by atoms with Gasteiger partial charge >= 0.3 is 0 Å². The number of halogens is 1. The number of aliphatic hydroxyl groups is 1. The van der Waals surface area contributed by atoms with Gasteiger partial charge in [-0.2, -0.15) is 11.3 Å². The van der Waals surface area contributed by atoms with Crippen molar-refractivity contribution in [1.29, 1.82) is 0 Å². The first-order valence-electron chi connectivity index (χ1n) is 6.94. The number of rotatable bonds is 4. The van der Waals surface area contributed by atoms with Gasteiger partial charge in [-0.1, -0.05) is 13.8 Å². The van der Waals surface area contributed by atoms with Crippen LogP contribution >= 0.6 is 27.3 Å².